The van der Waals surface area contributed by atoms with E-state index in [0.717, 1.165) is 5.56 Å². The molecule has 0 aliphatic rings. The Morgan fingerprint density at radius 2 is 1.79 bits per heavy atom. The predicted octanol–water partition coefficient (Wildman–Crippen LogP) is 3.59. The second kappa shape index (κ2) is 5.60. The molecule has 2 rings (SSSR count). The number of nitrogens with one attached hydrogen (secondary N) is 1. The van der Waals surface area contributed by atoms with E-state index in [-0.39, 0.29) is 5.75 Å². The second-order valence-corrected chi connectivity index (χ2v) is 3.76. The van der Waals surface area contributed by atoms with E-state index >= 15 is 0 Å². The van der Waals surface area contributed by atoms with Gasteiger partial charge in [-0.1, -0.05) is 18.2 Å². The number of anilines is 1. The van der Waals surface area contributed by atoms with Crippen LogP contribution in [0, 0.1) is 0 Å². The minimum atomic E-state index is -4.66. The van der Waals surface area contributed by atoms with Crippen molar-refractivity contribution in [2.24, 2.45) is 0 Å². The molecule has 19 heavy (non-hydrogen) atoms. The number of halogens is 3. The van der Waals surface area contributed by atoms with Crippen molar-refractivity contribution in [1.82, 2.24) is 4.98 Å². The van der Waals surface area contributed by atoms with Gasteiger partial charge in [0.25, 0.3) is 0 Å². The lowest BCUT2D eigenvalue weighted by Gasteiger charge is -2.09. The van der Waals surface area contributed by atoms with Crippen LogP contribution < -0.4 is 10.1 Å². The molecule has 1 heterocycles. The number of hydrogen-bond donors (Lipinski definition) is 1. The van der Waals surface area contributed by atoms with Crippen molar-refractivity contribution in [3.63, 3.8) is 0 Å². The van der Waals surface area contributed by atoms with Crippen molar-refractivity contribution in [3.8, 4) is 5.75 Å². The van der Waals surface area contributed by atoms with Crippen LogP contribution in [-0.2, 0) is 6.54 Å². The van der Waals surface area contributed by atoms with Gasteiger partial charge >= 0.3 is 6.36 Å². The maximum atomic E-state index is 12.0. The Labute approximate surface area is 108 Å². The van der Waals surface area contributed by atoms with E-state index in [2.05, 4.69) is 15.0 Å². The number of ether oxygens (including phenoxy) is 1. The van der Waals surface area contributed by atoms with Gasteiger partial charge in [0, 0.05) is 12.7 Å². The molecule has 1 aromatic heterocycles. The zero-order chi connectivity index (χ0) is 13.7. The summed E-state index contributed by atoms with van der Waals surface area (Å²) in [7, 11) is 0. The average Bonchev–Trinajstić information content (AvgIpc) is 2.37. The minimum absolute atomic E-state index is 0.228. The fourth-order valence-electron chi connectivity index (χ4n) is 1.47. The molecule has 2 aromatic rings. The SMILES string of the molecule is FC(F)(F)Oc1ccc(CNc2ccccn2)cc1. The van der Waals surface area contributed by atoms with Gasteiger partial charge in [-0.15, -0.1) is 13.2 Å². The summed E-state index contributed by atoms with van der Waals surface area (Å²) >= 11 is 0. The standard InChI is InChI=1S/C13H11F3N2O/c14-13(15,16)19-11-6-4-10(5-7-11)9-18-12-3-1-2-8-17-12/h1-8H,9H2,(H,17,18). The van der Waals surface area contributed by atoms with Crippen LogP contribution in [0.25, 0.3) is 0 Å². The first-order valence-corrected chi connectivity index (χ1v) is 5.52. The molecule has 0 saturated carbocycles. The van der Waals surface area contributed by atoms with Crippen LogP contribution in [0.3, 0.4) is 0 Å². The summed E-state index contributed by atoms with van der Waals surface area (Å²) in [5.74, 6) is 0.479. The van der Waals surface area contributed by atoms with Gasteiger partial charge in [0.05, 0.1) is 0 Å². The lowest BCUT2D eigenvalue weighted by Crippen LogP contribution is -2.17. The molecular weight excluding hydrogens is 257 g/mol. The molecule has 0 spiro atoms. The first-order valence-electron chi connectivity index (χ1n) is 5.52. The topological polar surface area (TPSA) is 34.1 Å². The fraction of sp³-hybridized carbons (Fsp3) is 0.154. The Morgan fingerprint density at radius 3 is 2.37 bits per heavy atom. The van der Waals surface area contributed by atoms with Crippen LogP contribution in [0.15, 0.2) is 48.7 Å². The number of hydrogen-bond acceptors (Lipinski definition) is 3. The van der Waals surface area contributed by atoms with E-state index in [4.69, 9.17) is 0 Å². The third-order valence-electron chi connectivity index (χ3n) is 2.30. The highest BCUT2D eigenvalue weighted by atomic mass is 19.4. The Balaban J connectivity index is 1.92. The Morgan fingerprint density at radius 1 is 1.05 bits per heavy atom. The van der Waals surface area contributed by atoms with Crippen molar-refractivity contribution < 1.29 is 17.9 Å². The maximum absolute atomic E-state index is 12.0. The van der Waals surface area contributed by atoms with E-state index in [1.54, 1.807) is 30.5 Å². The van der Waals surface area contributed by atoms with Crippen molar-refractivity contribution >= 4 is 5.82 Å². The van der Waals surface area contributed by atoms with Crippen molar-refractivity contribution in [3.05, 3.63) is 54.2 Å². The predicted molar refractivity (Wildman–Crippen MR) is 64.7 cm³/mol. The van der Waals surface area contributed by atoms with Crippen molar-refractivity contribution in [2.45, 2.75) is 12.9 Å². The first-order chi connectivity index (χ1) is 9.03. The highest BCUT2D eigenvalue weighted by molar-refractivity contribution is 5.36. The molecule has 1 aromatic carbocycles. The zero-order valence-corrected chi connectivity index (χ0v) is 9.82. The highest BCUT2D eigenvalue weighted by Gasteiger charge is 2.30. The van der Waals surface area contributed by atoms with Gasteiger partial charge in [0.15, 0.2) is 0 Å². The van der Waals surface area contributed by atoms with Crippen molar-refractivity contribution in [1.29, 1.82) is 0 Å². The molecule has 0 fully saturated rings. The number of nitrogens with zero attached hydrogens (tertiary/aromatic N) is 1. The lowest BCUT2D eigenvalue weighted by atomic mass is 10.2. The Hall–Kier alpha value is -2.24. The summed E-state index contributed by atoms with van der Waals surface area (Å²) in [6.45, 7) is 0.476. The van der Waals surface area contributed by atoms with Crippen LogP contribution in [-0.4, -0.2) is 11.3 Å². The van der Waals surface area contributed by atoms with Crippen LogP contribution in [0.1, 0.15) is 5.56 Å². The molecule has 0 radical (unpaired) electrons. The fourth-order valence-corrected chi connectivity index (χ4v) is 1.47. The summed E-state index contributed by atoms with van der Waals surface area (Å²) in [6.07, 6.45) is -3.00. The molecule has 0 amide bonds. The molecule has 0 unspecified atom stereocenters. The van der Waals surface area contributed by atoms with Gasteiger partial charge in [-0.25, -0.2) is 4.98 Å². The summed E-state index contributed by atoms with van der Waals surface area (Å²) in [5.41, 5.74) is 0.833. The second-order valence-electron chi connectivity index (χ2n) is 3.76. The lowest BCUT2D eigenvalue weighted by molar-refractivity contribution is -0.274. The number of alkyl halides is 3. The van der Waals surface area contributed by atoms with Gasteiger partial charge in [-0.3, -0.25) is 0 Å². The van der Waals surface area contributed by atoms with Crippen LogP contribution in [0.4, 0.5) is 19.0 Å². The van der Waals surface area contributed by atoms with Gasteiger partial charge < -0.3 is 10.1 Å². The summed E-state index contributed by atoms with van der Waals surface area (Å²) < 4.78 is 39.7. The van der Waals surface area contributed by atoms with Crippen LogP contribution >= 0.6 is 0 Å². The molecule has 3 nitrogen and oxygen atoms in total. The largest absolute Gasteiger partial charge is 0.573 e. The smallest absolute Gasteiger partial charge is 0.406 e. The van der Waals surface area contributed by atoms with E-state index in [1.807, 2.05) is 6.07 Å². The van der Waals surface area contributed by atoms with E-state index in [9.17, 15) is 13.2 Å². The van der Waals surface area contributed by atoms with E-state index in [0.29, 0.717) is 12.4 Å². The molecule has 0 atom stereocenters. The van der Waals surface area contributed by atoms with Crippen LogP contribution in [0.5, 0.6) is 5.75 Å². The van der Waals surface area contributed by atoms with E-state index < -0.39 is 6.36 Å². The van der Waals surface area contributed by atoms with Gasteiger partial charge in [-0.05, 0) is 29.8 Å². The maximum Gasteiger partial charge on any atom is 0.573 e. The van der Waals surface area contributed by atoms with E-state index in [1.165, 1.54) is 12.1 Å². The third kappa shape index (κ3) is 4.50. The Bertz CT molecular complexity index is 512. The molecule has 0 aliphatic carbocycles. The number of benzene rings is 1. The monoisotopic (exact) mass is 268 g/mol. The average molecular weight is 268 g/mol. The van der Waals surface area contributed by atoms with Crippen LogP contribution in [0.2, 0.25) is 0 Å². The zero-order valence-electron chi connectivity index (χ0n) is 9.82. The number of aromatic nitrogens is 1. The third-order valence-corrected chi connectivity index (χ3v) is 2.30. The molecule has 0 saturated heterocycles. The molecule has 0 aliphatic heterocycles. The highest BCUT2D eigenvalue weighted by Crippen LogP contribution is 2.22. The molecular formula is C13H11F3N2O. The van der Waals surface area contributed by atoms with Crippen molar-refractivity contribution in [2.75, 3.05) is 5.32 Å². The number of pyridine rings is 1. The summed E-state index contributed by atoms with van der Waals surface area (Å²) in [6, 6.07) is 11.1. The van der Waals surface area contributed by atoms with Gasteiger partial charge in [0.1, 0.15) is 11.6 Å². The molecule has 6 heteroatoms. The summed E-state index contributed by atoms with van der Waals surface area (Å²) in [4.78, 5) is 4.08. The molecule has 0 bridgehead atoms. The van der Waals surface area contributed by atoms with Gasteiger partial charge in [-0.2, -0.15) is 0 Å². The normalized spacial score (nSPS) is 11.1. The number of rotatable bonds is 4. The molecule has 1 N–H and O–H groups in total. The van der Waals surface area contributed by atoms with Gasteiger partial charge in [0.2, 0.25) is 0 Å². The molecule has 100 valence electrons. The summed E-state index contributed by atoms with van der Waals surface area (Å²) in [5, 5.41) is 3.05. The minimum Gasteiger partial charge on any atom is -0.406 e. The Kier molecular flexibility index (Phi) is 3.89. The first kappa shape index (κ1) is 13.2. The quantitative estimate of drug-likeness (QED) is 0.920.